The predicted octanol–water partition coefficient (Wildman–Crippen LogP) is 4.17. The van der Waals surface area contributed by atoms with E-state index >= 15 is 0 Å². The van der Waals surface area contributed by atoms with Crippen molar-refractivity contribution in [1.82, 2.24) is 0 Å². The zero-order valence-corrected chi connectivity index (χ0v) is 10.9. The van der Waals surface area contributed by atoms with Gasteiger partial charge in [0.05, 0.1) is 0 Å². The Labute approximate surface area is 95.6 Å². The van der Waals surface area contributed by atoms with Crippen LogP contribution in [0, 0.1) is 11.8 Å². The van der Waals surface area contributed by atoms with Crippen LogP contribution in [0.5, 0.6) is 0 Å². The summed E-state index contributed by atoms with van der Waals surface area (Å²) >= 11 is 0. The third-order valence-corrected chi connectivity index (χ3v) is 3.21. The average Bonchev–Trinajstić information content (AvgIpc) is 2.17. The SMILES string of the molecule is CC(C)=CCCC(C)C(C)CCCCO. The molecule has 0 heterocycles. The van der Waals surface area contributed by atoms with Crippen LogP contribution >= 0.6 is 0 Å². The molecule has 2 unspecified atom stereocenters. The first-order valence-electron chi connectivity index (χ1n) is 6.32. The zero-order chi connectivity index (χ0) is 11.7. The molecule has 0 fully saturated rings. The van der Waals surface area contributed by atoms with E-state index in [1.807, 2.05) is 0 Å². The topological polar surface area (TPSA) is 20.2 Å². The molecule has 1 N–H and O–H groups in total. The Balaban J connectivity index is 3.59. The summed E-state index contributed by atoms with van der Waals surface area (Å²) in [6.45, 7) is 9.36. The van der Waals surface area contributed by atoms with Crippen LogP contribution in [0.4, 0.5) is 0 Å². The summed E-state index contributed by atoms with van der Waals surface area (Å²) in [7, 11) is 0. The zero-order valence-electron chi connectivity index (χ0n) is 10.9. The van der Waals surface area contributed by atoms with E-state index in [0.29, 0.717) is 6.61 Å². The molecule has 0 aliphatic rings. The van der Waals surface area contributed by atoms with Gasteiger partial charge in [-0.3, -0.25) is 0 Å². The lowest BCUT2D eigenvalue weighted by molar-refractivity contribution is 0.268. The van der Waals surface area contributed by atoms with Crippen LogP contribution in [0.15, 0.2) is 11.6 Å². The van der Waals surface area contributed by atoms with E-state index in [-0.39, 0.29) is 0 Å². The van der Waals surface area contributed by atoms with Gasteiger partial charge in [-0.15, -0.1) is 0 Å². The maximum atomic E-state index is 8.71. The Morgan fingerprint density at radius 1 is 1.07 bits per heavy atom. The van der Waals surface area contributed by atoms with Crippen LogP contribution in [0.25, 0.3) is 0 Å². The first kappa shape index (κ1) is 14.7. The second-order valence-corrected chi connectivity index (χ2v) is 5.03. The van der Waals surface area contributed by atoms with Gasteiger partial charge in [-0.1, -0.05) is 38.3 Å². The number of rotatable bonds is 8. The lowest BCUT2D eigenvalue weighted by Gasteiger charge is -2.19. The molecule has 0 aromatic rings. The Bertz CT molecular complexity index is 168. The number of hydrogen-bond acceptors (Lipinski definition) is 1. The number of allylic oxidation sites excluding steroid dienone is 2. The molecule has 0 saturated heterocycles. The molecule has 90 valence electrons. The van der Waals surface area contributed by atoms with Crippen LogP contribution in [-0.4, -0.2) is 11.7 Å². The summed E-state index contributed by atoms with van der Waals surface area (Å²) in [6, 6.07) is 0. The van der Waals surface area contributed by atoms with Gasteiger partial charge in [-0.05, 0) is 44.9 Å². The van der Waals surface area contributed by atoms with Crippen LogP contribution < -0.4 is 0 Å². The molecule has 2 atom stereocenters. The molecule has 0 aromatic heterocycles. The Hall–Kier alpha value is -0.300. The quantitative estimate of drug-likeness (QED) is 0.473. The van der Waals surface area contributed by atoms with Gasteiger partial charge < -0.3 is 5.11 Å². The smallest absolute Gasteiger partial charge is 0.0431 e. The summed E-state index contributed by atoms with van der Waals surface area (Å²) < 4.78 is 0. The third kappa shape index (κ3) is 8.68. The lowest BCUT2D eigenvalue weighted by atomic mass is 9.87. The Morgan fingerprint density at radius 2 is 1.67 bits per heavy atom. The first-order valence-corrected chi connectivity index (χ1v) is 6.32. The van der Waals surface area contributed by atoms with E-state index in [1.165, 1.54) is 31.3 Å². The standard InChI is InChI=1S/C14H28O/c1-12(2)8-7-10-14(4)13(3)9-5-6-11-15/h8,13-15H,5-7,9-11H2,1-4H3. The summed E-state index contributed by atoms with van der Waals surface area (Å²) in [6.07, 6.45) is 8.24. The molecule has 0 rings (SSSR count). The van der Waals surface area contributed by atoms with E-state index in [0.717, 1.165) is 18.3 Å². The Morgan fingerprint density at radius 3 is 2.20 bits per heavy atom. The van der Waals surface area contributed by atoms with Gasteiger partial charge in [-0.25, -0.2) is 0 Å². The first-order chi connectivity index (χ1) is 7.07. The van der Waals surface area contributed by atoms with E-state index in [2.05, 4.69) is 33.8 Å². The highest BCUT2D eigenvalue weighted by atomic mass is 16.2. The molecule has 0 aliphatic carbocycles. The fourth-order valence-electron chi connectivity index (χ4n) is 1.78. The third-order valence-electron chi connectivity index (χ3n) is 3.21. The highest BCUT2D eigenvalue weighted by molar-refractivity contribution is 4.92. The minimum atomic E-state index is 0.346. The van der Waals surface area contributed by atoms with Gasteiger partial charge in [0, 0.05) is 6.61 Å². The molecule has 0 saturated carbocycles. The number of aliphatic hydroxyl groups excluding tert-OH is 1. The highest BCUT2D eigenvalue weighted by Gasteiger charge is 2.10. The summed E-state index contributed by atoms with van der Waals surface area (Å²) in [4.78, 5) is 0. The molecule has 15 heavy (non-hydrogen) atoms. The Kier molecular flexibility index (Phi) is 8.79. The minimum Gasteiger partial charge on any atom is -0.396 e. The van der Waals surface area contributed by atoms with Crippen LogP contribution in [-0.2, 0) is 0 Å². The number of hydrogen-bond donors (Lipinski definition) is 1. The van der Waals surface area contributed by atoms with Gasteiger partial charge >= 0.3 is 0 Å². The fraction of sp³-hybridized carbons (Fsp3) is 0.857. The summed E-state index contributed by atoms with van der Waals surface area (Å²) in [5, 5.41) is 8.71. The van der Waals surface area contributed by atoms with Gasteiger partial charge in [0.15, 0.2) is 0 Å². The molecule has 0 aliphatic heterocycles. The van der Waals surface area contributed by atoms with Crippen molar-refractivity contribution in [3.63, 3.8) is 0 Å². The predicted molar refractivity (Wildman–Crippen MR) is 67.9 cm³/mol. The normalized spacial score (nSPS) is 14.7. The second kappa shape index (κ2) is 8.96. The number of aliphatic hydroxyl groups is 1. The fourth-order valence-corrected chi connectivity index (χ4v) is 1.78. The van der Waals surface area contributed by atoms with Gasteiger partial charge in [0.25, 0.3) is 0 Å². The van der Waals surface area contributed by atoms with Gasteiger partial charge in [-0.2, -0.15) is 0 Å². The second-order valence-electron chi connectivity index (χ2n) is 5.03. The molecule has 1 nitrogen and oxygen atoms in total. The molecule has 1 heteroatoms. The van der Waals surface area contributed by atoms with Crippen molar-refractivity contribution < 1.29 is 5.11 Å². The molecular weight excluding hydrogens is 184 g/mol. The monoisotopic (exact) mass is 212 g/mol. The van der Waals surface area contributed by atoms with Crippen LogP contribution in [0.2, 0.25) is 0 Å². The van der Waals surface area contributed by atoms with Crippen molar-refractivity contribution >= 4 is 0 Å². The summed E-state index contributed by atoms with van der Waals surface area (Å²) in [5.74, 6) is 1.60. The highest BCUT2D eigenvalue weighted by Crippen LogP contribution is 2.22. The molecule has 0 aromatic carbocycles. The van der Waals surface area contributed by atoms with E-state index in [9.17, 15) is 0 Å². The van der Waals surface area contributed by atoms with Gasteiger partial charge in [0.1, 0.15) is 0 Å². The molecule has 0 bridgehead atoms. The van der Waals surface area contributed by atoms with Crippen molar-refractivity contribution in [2.75, 3.05) is 6.61 Å². The van der Waals surface area contributed by atoms with Crippen molar-refractivity contribution in [3.05, 3.63) is 11.6 Å². The maximum Gasteiger partial charge on any atom is 0.0431 e. The molecule has 0 spiro atoms. The molecular formula is C14H28O. The van der Waals surface area contributed by atoms with E-state index < -0.39 is 0 Å². The van der Waals surface area contributed by atoms with Crippen molar-refractivity contribution in [2.45, 2.75) is 59.8 Å². The van der Waals surface area contributed by atoms with Crippen molar-refractivity contribution in [2.24, 2.45) is 11.8 Å². The van der Waals surface area contributed by atoms with Crippen LogP contribution in [0.1, 0.15) is 59.8 Å². The van der Waals surface area contributed by atoms with Crippen molar-refractivity contribution in [3.8, 4) is 0 Å². The van der Waals surface area contributed by atoms with E-state index in [1.54, 1.807) is 0 Å². The van der Waals surface area contributed by atoms with Crippen molar-refractivity contribution in [1.29, 1.82) is 0 Å². The minimum absolute atomic E-state index is 0.346. The maximum absolute atomic E-state index is 8.71. The largest absolute Gasteiger partial charge is 0.396 e. The molecule has 0 amide bonds. The lowest BCUT2D eigenvalue weighted by Crippen LogP contribution is -2.08. The van der Waals surface area contributed by atoms with Crippen LogP contribution in [0.3, 0.4) is 0 Å². The summed E-state index contributed by atoms with van der Waals surface area (Å²) in [5.41, 5.74) is 1.43. The van der Waals surface area contributed by atoms with E-state index in [4.69, 9.17) is 5.11 Å². The number of unbranched alkanes of at least 4 members (excludes halogenated alkanes) is 1. The average molecular weight is 212 g/mol. The van der Waals surface area contributed by atoms with Gasteiger partial charge in [0.2, 0.25) is 0 Å². The molecule has 0 radical (unpaired) electrons.